The summed E-state index contributed by atoms with van der Waals surface area (Å²) in [6.45, 7) is 5.52. The largest absolute Gasteiger partial charge is 0.370 e. The van der Waals surface area contributed by atoms with Gasteiger partial charge in [0.25, 0.3) is 0 Å². The van der Waals surface area contributed by atoms with Crippen molar-refractivity contribution in [2.24, 2.45) is 16.5 Å². The van der Waals surface area contributed by atoms with Crippen molar-refractivity contribution in [2.75, 3.05) is 13.1 Å². The first-order valence-corrected chi connectivity index (χ1v) is 8.06. The zero-order valence-corrected chi connectivity index (χ0v) is 13.7. The van der Waals surface area contributed by atoms with Crippen LogP contribution in [0.4, 0.5) is 0 Å². The summed E-state index contributed by atoms with van der Waals surface area (Å²) in [4.78, 5) is 15.6. The highest BCUT2D eigenvalue weighted by atomic mass is 16.1. The predicted molar refractivity (Wildman–Crippen MR) is 90.1 cm³/mol. The van der Waals surface area contributed by atoms with Crippen molar-refractivity contribution in [3.05, 3.63) is 11.6 Å². The molecule has 0 bridgehead atoms. The minimum absolute atomic E-state index is 0.00268. The molecule has 0 heterocycles. The molecule has 5 heteroatoms. The SMILES string of the molecule is CCCCCCC/C(C)=C/C(=O)NCCCCN=C(N)N. The molecule has 0 fully saturated rings. The number of hydrogen-bond acceptors (Lipinski definition) is 2. The Morgan fingerprint density at radius 1 is 1.10 bits per heavy atom. The van der Waals surface area contributed by atoms with Crippen LogP contribution in [0, 0.1) is 0 Å². The molecular formula is C16H32N4O. The fraction of sp³-hybridized carbons (Fsp3) is 0.750. The van der Waals surface area contributed by atoms with Gasteiger partial charge in [-0.1, -0.05) is 38.2 Å². The number of nitrogens with two attached hydrogens (primary N) is 2. The lowest BCUT2D eigenvalue weighted by atomic mass is 10.1. The summed E-state index contributed by atoms with van der Waals surface area (Å²) >= 11 is 0. The Kier molecular flexibility index (Phi) is 12.5. The molecule has 0 aromatic heterocycles. The Labute approximate surface area is 129 Å². The quantitative estimate of drug-likeness (QED) is 0.223. The Hall–Kier alpha value is -1.52. The Balaban J connectivity index is 3.61. The number of rotatable bonds is 12. The van der Waals surface area contributed by atoms with Crippen LogP contribution in [0.1, 0.15) is 65.2 Å². The number of carbonyl (C=O) groups excluding carboxylic acids is 1. The van der Waals surface area contributed by atoms with Crippen molar-refractivity contribution in [1.82, 2.24) is 5.32 Å². The molecule has 0 saturated heterocycles. The number of aliphatic imine (C=N–C) groups is 1. The summed E-state index contributed by atoms with van der Waals surface area (Å²) in [6, 6.07) is 0. The molecular weight excluding hydrogens is 264 g/mol. The minimum atomic E-state index is 0.00268. The third kappa shape index (κ3) is 14.7. The van der Waals surface area contributed by atoms with Crippen molar-refractivity contribution in [2.45, 2.75) is 65.2 Å². The molecule has 0 aliphatic heterocycles. The summed E-state index contributed by atoms with van der Waals surface area (Å²) in [6.07, 6.45) is 10.8. The molecule has 0 saturated carbocycles. The summed E-state index contributed by atoms with van der Waals surface area (Å²) in [7, 11) is 0. The first kappa shape index (κ1) is 19.5. The van der Waals surface area contributed by atoms with E-state index in [2.05, 4.69) is 17.2 Å². The topological polar surface area (TPSA) is 93.5 Å². The number of nitrogens with one attached hydrogen (secondary N) is 1. The Morgan fingerprint density at radius 2 is 1.81 bits per heavy atom. The van der Waals surface area contributed by atoms with E-state index in [0.29, 0.717) is 13.1 Å². The summed E-state index contributed by atoms with van der Waals surface area (Å²) in [5.41, 5.74) is 11.6. The number of guanidine groups is 1. The Bertz CT molecular complexity index is 333. The zero-order chi connectivity index (χ0) is 15.9. The van der Waals surface area contributed by atoms with Gasteiger partial charge in [-0.3, -0.25) is 9.79 Å². The molecule has 0 rings (SSSR count). The van der Waals surface area contributed by atoms with E-state index in [1.807, 2.05) is 6.92 Å². The van der Waals surface area contributed by atoms with Crippen LogP contribution in [0.5, 0.6) is 0 Å². The van der Waals surface area contributed by atoms with Crippen LogP contribution in [0.3, 0.4) is 0 Å². The van der Waals surface area contributed by atoms with Crippen LogP contribution < -0.4 is 16.8 Å². The number of hydrogen-bond donors (Lipinski definition) is 3. The van der Waals surface area contributed by atoms with Gasteiger partial charge < -0.3 is 16.8 Å². The third-order valence-corrected chi connectivity index (χ3v) is 3.23. The smallest absolute Gasteiger partial charge is 0.243 e. The molecule has 21 heavy (non-hydrogen) atoms. The lowest BCUT2D eigenvalue weighted by molar-refractivity contribution is -0.116. The Morgan fingerprint density at radius 3 is 2.48 bits per heavy atom. The second kappa shape index (κ2) is 13.5. The highest BCUT2D eigenvalue weighted by Crippen LogP contribution is 2.10. The van der Waals surface area contributed by atoms with Gasteiger partial charge in [0.1, 0.15) is 0 Å². The number of allylic oxidation sites excluding steroid dienone is 1. The summed E-state index contributed by atoms with van der Waals surface area (Å²) in [5, 5.41) is 2.89. The maximum atomic E-state index is 11.7. The highest BCUT2D eigenvalue weighted by Gasteiger charge is 1.98. The molecule has 0 unspecified atom stereocenters. The van der Waals surface area contributed by atoms with Gasteiger partial charge in [-0.05, 0) is 32.6 Å². The number of nitrogens with zero attached hydrogens (tertiary/aromatic N) is 1. The molecule has 5 nitrogen and oxygen atoms in total. The van der Waals surface area contributed by atoms with Crippen LogP contribution >= 0.6 is 0 Å². The van der Waals surface area contributed by atoms with Crippen LogP contribution in [0.2, 0.25) is 0 Å². The molecule has 5 N–H and O–H groups in total. The number of amides is 1. The van der Waals surface area contributed by atoms with Crippen LogP contribution in [-0.2, 0) is 4.79 Å². The average Bonchev–Trinajstić information content (AvgIpc) is 2.42. The van der Waals surface area contributed by atoms with Gasteiger partial charge in [-0.25, -0.2) is 0 Å². The predicted octanol–water partition coefficient (Wildman–Crippen LogP) is 2.46. The van der Waals surface area contributed by atoms with Gasteiger partial charge in [0.05, 0.1) is 0 Å². The number of unbranched alkanes of at least 4 members (excludes halogenated alkanes) is 5. The van der Waals surface area contributed by atoms with Gasteiger partial charge in [0, 0.05) is 19.2 Å². The van der Waals surface area contributed by atoms with E-state index >= 15 is 0 Å². The molecule has 0 radical (unpaired) electrons. The van der Waals surface area contributed by atoms with E-state index < -0.39 is 0 Å². The summed E-state index contributed by atoms with van der Waals surface area (Å²) in [5.74, 6) is 0.124. The van der Waals surface area contributed by atoms with E-state index in [1.165, 1.54) is 32.1 Å². The molecule has 122 valence electrons. The van der Waals surface area contributed by atoms with Gasteiger partial charge in [-0.2, -0.15) is 0 Å². The number of carbonyl (C=O) groups is 1. The maximum Gasteiger partial charge on any atom is 0.243 e. The zero-order valence-electron chi connectivity index (χ0n) is 13.7. The second-order valence-electron chi connectivity index (χ2n) is 5.46. The van der Waals surface area contributed by atoms with Crippen molar-refractivity contribution >= 4 is 11.9 Å². The fourth-order valence-electron chi connectivity index (χ4n) is 2.01. The minimum Gasteiger partial charge on any atom is -0.370 e. The molecule has 0 aromatic carbocycles. The first-order chi connectivity index (χ1) is 10.1. The lowest BCUT2D eigenvalue weighted by Crippen LogP contribution is -2.24. The molecule has 0 aliphatic rings. The second-order valence-corrected chi connectivity index (χ2v) is 5.46. The van der Waals surface area contributed by atoms with Crippen molar-refractivity contribution in [3.8, 4) is 0 Å². The van der Waals surface area contributed by atoms with Crippen molar-refractivity contribution < 1.29 is 4.79 Å². The molecule has 0 aliphatic carbocycles. The van der Waals surface area contributed by atoms with Crippen LogP contribution in [0.15, 0.2) is 16.6 Å². The summed E-state index contributed by atoms with van der Waals surface area (Å²) < 4.78 is 0. The van der Waals surface area contributed by atoms with E-state index in [4.69, 9.17) is 11.5 Å². The van der Waals surface area contributed by atoms with Crippen molar-refractivity contribution in [3.63, 3.8) is 0 Å². The van der Waals surface area contributed by atoms with E-state index in [0.717, 1.165) is 24.8 Å². The molecule has 0 atom stereocenters. The standard InChI is InChI=1S/C16H32N4O/c1-3-4-5-6-7-10-14(2)13-15(21)19-11-8-9-12-20-16(17)18/h13H,3-12H2,1-2H3,(H,19,21)(H4,17,18,20)/b14-13+. The van der Waals surface area contributed by atoms with Gasteiger partial charge in [0.2, 0.25) is 5.91 Å². The van der Waals surface area contributed by atoms with Crippen LogP contribution in [0.25, 0.3) is 0 Å². The average molecular weight is 296 g/mol. The van der Waals surface area contributed by atoms with Gasteiger partial charge >= 0.3 is 0 Å². The van der Waals surface area contributed by atoms with Gasteiger partial charge in [0.15, 0.2) is 5.96 Å². The van der Waals surface area contributed by atoms with E-state index in [-0.39, 0.29) is 11.9 Å². The van der Waals surface area contributed by atoms with E-state index in [9.17, 15) is 4.79 Å². The maximum absolute atomic E-state index is 11.7. The molecule has 0 aromatic rings. The highest BCUT2D eigenvalue weighted by molar-refractivity contribution is 5.88. The van der Waals surface area contributed by atoms with Crippen LogP contribution in [-0.4, -0.2) is 25.0 Å². The van der Waals surface area contributed by atoms with Crippen molar-refractivity contribution in [1.29, 1.82) is 0 Å². The monoisotopic (exact) mass is 296 g/mol. The van der Waals surface area contributed by atoms with E-state index in [1.54, 1.807) is 6.08 Å². The molecule has 0 spiro atoms. The third-order valence-electron chi connectivity index (χ3n) is 3.23. The fourth-order valence-corrected chi connectivity index (χ4v) is 2.01. The first-order valence-electron chi connectivity index (χ1n) is 8.06. The normalized spacial score (nSPS) is 11.2. The van der Waals surface area contributed by atoms with Gasteiger partial charge in [-0.15, -0.1) is 0 Å². The lowest BCUT2D eigenvalue weighted by Gasteiger charge is -2.04. The molecule has 1 amide bonds.